The van der Waals surface area contributed by atoms with Gasteiger partial charge in [0.15, 0.2) is 0 Å². The van der Waals surface area contributed by atoms with Gasteiger partial charge < -0.3 is 9.47 Å². The molecule has 0 aliphatic heterocycles. The maximum atomic E-state index is 13.1. The minimum Gasteiger partial charge on any atom is -0.463 e. The van der Waals surface area contributed by atoms with Crippen LogP contribution in [0.25, 0.3) is 0 Å². The summed E-state index contributed by atoms with van der Waals surface area (Å²) in [5.74, 6) is 0.851. The van der Waals surface area contributed by atoms with Crippen molar-refractivity contribution in [2.75, 3.05) is 36.8 Å². The highest BCUT2D eigenvalue weighted by atomic mass is 35.5. The zero-order valence-electron chi connectivity index (χ0n) is 15.5. The lowest BCUT2D eigenvalue weighted by Crippen LogP contribution is -2.37. The van der Waals surface area contributed by atoms with Crippen LogP contribution in [0, 0.1) is 0 Å². The van der Waals surface area contributed by atoms with Crippen LogP contribution in [-0.2, 0) is 25.4 Å². The largest absolute Gasteiger partial charge is 0.463 e. The van der Waals surface area contributed by atoms with Gasteiger partial charge in [-0.3, -0.25) is 14.3 Å². The van der Waals surface area contributed by atoms with Crippen LogP contribution in [-0.4, -0.2) is 53.8 Å². The van der Waals surface area contributed by atoms with E-state index >= 15 is 0 Å². The van der Waals surface area contributed by atoms with E-state index in [0.29, 0.717) is 11.5 Å². The highest BCUT2D eigenvalue weighted by molar-refractivity contribution is 8.90. The Kier molecular flexibility index (Phi) is 12.0. The van der Waals surface area contributed by atoms with E-state index in [4.69, 9.17) is 21.1 Å². The van der Waals surface area contributed by atoms with Gasteiger partial charge in [0, 0.05) is 0 Å². The van der Waals surface area contributed by atoms with Crippen LogP contribution < -0.4 is 0 Å². The number of ether oxygens (including phenoxy) is 2. The van der Waals surface area contributed by atoms with Gasteiger partial charge in [0.05, 0.1) is 12.2 Å². The minimum atomic E-state index is -2.78. The SMILES string of the molecule is CCSP(=O)(CN(CC(=O)OCCCl)C(=O)OCc1ccccc1)SCC. The van der Waals surface area contributed by atoms with Crippen molar-refractivity contribution in [2.45, 2.75) is 20.5 Å². The summed E-state index contributed by atoms with van der Waals surface area (Å²) >= 11 is 8.13. The molecule has 27 heavy (non-hydrogen) atoms. The first-order valence-electron chi connectivity index (χ1n) is 8.49. The zero-order valence-corrected chi connectivity index (χ0v) is 18.7. The van der Waals surface area contributed by atoms with Gasteiger partial charge in [-0.15, -0.1) is 11.6 Å². The average molecular weight is 454 g/mol. The van der Waals surface area contributed by atoms with Crippen molar-refractivity contribution in [1.29, 1.82) is 0 Å². The van der Waals surface area contributed by atoms with E-state index in [1.807, 2.05) is 44.2 Å². The molecule has 0 spiro atoms. The van der Waals surface area contributed by atoms with Gasteiger partial charge in [0.1, 0.15) is 19.8 Å². The van der Waals surface area contributed by atoms with E-state index in [1.165, 1.54) is 22.8 Å². The molecule has 0 aliphatic carbocycles. The molecule has 0 N–H and O–H groups in total. The van der Waals surface area contributed by atoms with Crippen LogP contribution in [0.2, 0.25) is 0 Å². The van der Waals surface area contributed by atoms with Gasteiger partial charge in [0.2, 0.25) is 5.55 Å². The summed E-state index contributed by atoms with van der Waals surface area (Å²) in [7, 11) is 0. The smallest absolute Gasteiger partial charge is 0.411 e. The number of halogens is 1. The lowest BCUT2D eigenvalue weighted by atomic mass is 10.2. The number of hydrogen-bond donors (Lipinski definition) is 0. The Morgan fingerprint density at radius 3 is 2.30 bits per heavy atom. The van der Waals surface area contributed by atoms with E-state index in [2.05, 4.69) is 0 Å². The van der Waals surface area contributed by atoms with Gasteiger partial charge in [-0.1, -0.05) is 66.9 Å². The summed E-state index contributed by atoms with van der Waals surface area (Å²) in [6, 6.07) is 9.21. The predicted molar refractivity (Wildman–Crippen MR) is 114 cm³/mol. The molecule has 0 heterocycles. The molecule has 0 saturated carbocycles. The van der Waals surface area contributed by atoms with Crippen LogP contribution >= 0.6 is 39.9 Å². The Bertz CT molecular complexity index is 625. The van der Waals surface area contributed by atoms with Gasteiger partial charge in [-0.05, 0) is 17.1 Å². The standard InChI is InChI=1S/C17H25ClNO5PS2/c1-3-26-25(22,27-4-2)14-19(12-16(20)23-11-10-18)17(21)24-13-15-8-6-5-7-9-15/h5-9H,3-4,10-14H2,1-2H3. The molecular formula is C17H25ClNO5PS2. The molecule has 0 saturated heterocycles. The number of nitrogens with zero attached hydrogens (tertiary/aromatic N) is 1. The molecule has 1 amide bonds. The molecule has 6 nitrogen and oxygen atoms in total. The third-order valence-electron chi connectivity index (χ3n) is 3.12. The first kappa shape index (κ1) is 24.2. The lowest BCUT2D eigenvalue weighted by Gasteiger charge is -2.25. The van der Waals surface area contributed by atoms with Crippen molar-refractivity contribution >= 4 is 52.0 Å². The molecule has 0 aliphatic rings. The number of benzene rings is 1. The number of carbonyl (C=O) groups excluding carboxylic acids is 2. The zero-order chi connectivity index (χ0) is 20.1. The average Bonchev–Trinajstić information content (AvgIpc) is 2.65. The van der Waals surface area contributed by atoms with Crippen molar-refractivity contribution in [3.05, 3.63) is 35.9 Å². The van der Waals surface area contributed by atoms with Crippen molar-refractivity contribution in [2.24, 2.45) is 0 Å². The Labute approximate surface area is 173 Å². The topological polar surface area (TPSA) is 72.9 Å². The normalized spacial score (nSPS) is 11.1. The van der Waals surface area contributed by atoms with Crippen molar-refractivity contribution in [1.82, 2.24) is 4.90 Å². The van der Waals surface area contributed by atoms with E-state index < -0.39 is 17.6 Å². The highest BCUT2D eigenvalue weighted by Gasteiger charge is 2.31. The fourth-order valence-electron chi connectivity index (χ4n) is 2.06. The Morgan fingerprint density at radius 2 is 1.74 bits per heavy atom. The molecule has 0 unspecified atom stereocenters. The Morgan fingerprint density at radius 1 is 1.11 bits per heavy atom. The number of carbonyl (C=O) groups is 2. The number of alkyl halides is 1. The van der Waals surface area contributed by atoms with E-state index in [-0.39, 0.29) is 31.9 Å². The van der Waals surface area contributed by atoms with Gasteiger partial charge >= 0.3 is 12.1 Å². The fraction of sp³-hybridized carbons (Fsp3) is 0.529. The van der Waals surface area contributed by atoms with Gasteiger partial charge in [-0.25, -0.2) is 4.79 Å². The van der Waals surface area contributed by atoms with Crippen LogP contribution in [0.3, 0.4) is 0 Å². The van der Waals surface area contributed by atoms with Crippen molar-refractivity contribution in [3.8, 4) is 0 Å². The monoisotopic (exact) mass is 453 g/mol. The van der Waals surface area contributed by atoms with Crippen LogP contribution in [0.5, 0.6) is 0 Å². The first-order chi connectivity index (χ1) is 12.9. The summed E-state index contributed by atoms with van der Waals surface area (Å²) in [4.78, 5) is 25.7. The number of amides is 1. The summed E-state index contributed by atoms with van der Waals surface area (Å²) in [5.41, 5.74) is -1.96. The van der Waals surface area contributed by atoms with Gasteiger partial charge in [0.25, 0.3) is 0 Å². The maximum absolute atomic E-state index is 13.1. The molecule has 0 aromatic heterocycles. The molecule has 1 aromatic carbocycles. The Hall–Kier alpha value is -0.820. The van der Waals surface area contributed by atoms with Crippen molar-refractivity contribution in [3.63, 3.8) is 0 Å². The molecule has 0 atom stereocenters. The number of rotatable bonds is 12. The van der Waals surface area contributed by atoms with Crippen LogP contribution in [0.1, 0.15) is 19.4 Å². The maximum Gasteiger partial charge on any atom is 0.411 e. The molecule has 1 rings (SSSR count). The third-order valence-corrected chi connectivity index (χ3v) is 11.8. The number of hydrogen-bond acceptors (Lipinski definition) is 7. The van der Waals surface area contributed by atoms with Crippen LogP contribution in [0.4, 0.5) is 4.79 Å². The summed E-state index contributed by atoms with van der Waals surface area (Å²) < 4.78 is 23.4. The summed E-state index contributed by atoms with van der Waals surface area (Å²) in [6.45, 7) is 3.60. The molecule has 0 bridgehead atoms. The minimum absolute atomic E-state index is 0.0539. The second-order valence-electron chi connectivity index (χ2n) is 5.24. The second-order valence-corrected chi connectivity index (χ2v) is 14.6. The number of esters is 1. The van der Waals surface area contributed by atoms with Gasteiger partial charge in [-0.2, -0.15) is 0 Å². The molecule has 0 fully saturated rings. The summed E-state index contributed by atoms with van der Waals surface area (Å²) in [5, 5.41) is 0. The third kappa shape index (κ3) is 9.79. The van der Waals surface area contributed by atoms with Crippen LogP contribution in [0.15, 0.2) is 30.3 Å². The highest BCUT2D eigenvalue weighted by Crippen LogP contribution is 2.68. The summed E-state index contributed by atoms with van der Waals surface area (Å²) in [6.07, 6.45) is -0.761. The fourth-order valence-corrected chi connectivity index (χ4v) is 10.3. The second kappa shape index (κ2) is 13.4. The molecule has 0 radical (unpaired) electrons. The molecular weight excluding hydrogens is 429 g/mol. The molecule has 152 valence electrons. The van der Waals surface area contributed by atoms with E-state index in [0.717, 1.165) is 10.5 Å². The van der Waals surface area contributed by atoms with E-state index in [1.54, 1.807) is 0 Å². The van der Waals surface area contributed by atoms with E-state index in [9.17, 15) is 14.2 Å². The Balaban J connectivity index is 2.82. The first-order valence-corrected chi connectivity index (χ1v) is 14.1. The predicted octanol–water partition coefficient (Wildman–Crippen LogP) is 5.06. The quantitative estimate of drug-likeness (QED) is 0.248. The lowest BCUT2D eigenvalue weighted by molar-refractivity contribution is -0.143. The van der Waals surface area contributed by atoms with Crippen molar-refractivity contribution < 1.29 is 23.6 Å². The molecule has 1 aromatic rings. The molecule has 10 heteroatoms.